The highest BCUT2D eigenvalue weighted by Crippen LogP contribution is 1.91. The summed E-state index contributed by atoms with van der Waals surface area (Å²) in [6.45, 7) is 0.475. The molecule has 0 spiro atoms. The molecule has 0 atom stereocenters. The number of urea groups is 1. The Bertz CT molecular complexity index is 350. The predicted octanol–water partition coefficient (Wildman–Crippen LogP) is 0.0258. The van der Waals surface area contributed by atoms with Gasteiger partial charge in [-0.1, -0.05) is 0 Å². The number of aliphatic carboxylic acids is 1. The molecule has 1 aromatic heterocycles. The molecule has 7 nitrogen and oxygen atoms in total. The molecule has 0 aromatic carbocycles. The fourth-order valence-corrected chi connectivity index (χ4v) is 1.05. The van der Waals surface area contributed by atoms with Gasteiger partial charge in [-0.05, 0) is 0 Å². The normalized spacial score (nSPS) is 9.81. The number of imidazole rings is 1. The first-order valence-electron chi connectivity index (χ1n) is 4.78. The Balaban J connectivity index is 2.26. The van der Waals surface area contributed by atoms with Gasteiger partial charge in [-0.3, -0.25) is 4.79 Å². The van der Waals surface area contributed by atoms with Crippen LogP contribution >= 0.6 is 0 Å². The molecule has 0 aliphatic heterocycles. The van der Waals surface area contributed by atoms with Gasteiger partial charge in [0.15, 0.2) is 0 Å². The minimum Gasteiger partial charge on any atom is -0.481 e. The Kier molecular flexibility index (Phi) is 4.31. The molecular formula is C9H14N4O3. The van der Waals surface area contributed by atoms with E-state index in [2.05, 4.69) is 15.3 Å². The maximum Gasteiger partial charge on any atom is 0.317 e. The highest BCUT2D eigenvalue weighted by Gasteiger charge is 2.09. The predicted molar refractivity (Wildman–Crippen MR) is 55.7 cm³/mol. The van der Waals surface area contributed by atoms with Crippen LogP contribution in [0, 0.1) is 0 Å². The smallest absolute Gasteiger partial charge is 0.317 e. The number of aromatic nitrogens is 2. The average molecular weight is 226 g/mol. The molecule has 0 aliphatic carbocycles. The summed E-state index contributed by atoms with van der Waals surface area (Å²) < 4.78 is 0. The zero-order valence-electron chi connectivity index (χ0n) is 8.93. The number of rotatable bonds is 5. The van der Waals surface area contributed by atoms with Crippen molar-refractivity contribution in [3.05, 3.63) is 18.2 Å². The molecule has 1 rings (SSSR count). The van der Waals surface area contributed by atoms with Gasteiger partial charge in [-0.15, -0.1) is 0 Å². The first-order chi connectivity index (χ1) is 7.59. The summed E-state index contributed by atoms with van der Waals surface area (Å²) >= 11 is 0. The van der Waals surface area contributed by atoms with Crippen LogP contribution in [0.5, 0.6) is 0 Å². The molecule has 0 saturated carbocycles. The third kappa shape index (κ3) is 3.99. The van der Waals surface area contributed by atoms with Gasteiger partial charge >= 0.3 is 12.0 Å². The summed E-state index contributed by atoms with van der Waals surface area (Å²) in [5.74, 6) is -0.273. The molecule has 3 N–H and O–H groups in total. The molecule has 0 radical (unpaired) electrons. The van der Waals surface area contributed by atoms with E-state index in [0.29, 0.717) is 12.4 Å². The van der Waals surface area contributed by atoms with Gasteiger partial charge in [-0.25, -0.2) is 9.78 Å². The molecule has 0 saturated heterocycles. The molecule has 16 heavy (non-hydrogen) atoms. The van der Waals surface area contributed by atoms with Crippen molar-refractivity contribution >= 4 is 12.0 Å². The van der Waals surface area contributed by atoms with Crippen LogP contribution in [0.4, 0.5) is 4.79 Å². The van der Waals surface area contributed by atoms with E-state index in [1.807, 2.05) is 0 Å². The SMILES string of the molecule is CN(CCC(=O)O)C(=O)NCc1ncc[nH]1. The highest BCUT2D eigenvalue weighted by atomic mass is 16.4. The first-order valence-corrected chi connectivity index (χ1v) is 4.78. The van der Waals surface area contributed by atoms with Gasteiger partial charge in [0.05, 0.1) is 13.0 Å². The van der Waals surface area contributed by atoms with Gasteiger partial charge in [0.1, 0.15) is 5.82 Å². The molecule has 0 fully saturated rings. The number of amides is 2. The van der Waals surface area contributed by atoms with Gasteiger partial charge in [-0.2, -0.15) is 0 Å². The molecule has 0 unspecified atom stereocenters. The van der Waals surface area contributed by atoms with Crippen molar-refractivity contribution < 1.29 is 14.7 Å². The van der Waals surface area contributed by atoms with E-state index in [1.54, 1.807) is 19.4 Å². The Hall–Kier alpha value is -2.05. The summed E-state index contributed by atoms with van der Waals surface area (Å²) in [5, 5.41) is 11.1. The second kappa shape index (κ2) is 5.74. The van der Waals surface area contributed by atoms with Gasteiger partial charge in [0.2, 0.25) is 0 Å². The van der Waals surface area contributed by atoms with E-state index in [9.17, 15) is 9.59 Å². The maximum absolute atomic E-state index is 11.4. The number of aromatic amines is 1. The number of carbonyl (C=O) groups is 2. The summed E-state index contributed by atoms with van der Waals surface area (Å²) in [6.07, 6.45) is 3.19. The monoisotopic (exact) mass is 226 g/mol. The van der Waals surface area contributed by atoms with E-state index in [4.69, 9.17) is 5.11 Å². The number of carboxylic acid groups (broad SMARTS) is 1. The summed E-state index contributed by atoms with van der Waals surface area (Å²) in [7, 11) is 1.54. The van der Waals surface area contributed by atoms with Crippen molar-refractivity contribution in [2.45, 2.75) is 13.0 Å². The van der Waals surface area contributed by atoms with E-state index in [0.717, 1.165) is 0 Å². The summed E-state index contributed by atoms with van der Waals surface area (Å²) in [6, 6.07) is -0.322. The zero-order chi connectivity index (χ0) is 12.0. The molecular weight excluding hydrogens is 212 g/mol. The molecule has 7 heteroatoms. The van der Waals surface area contributed by atoms with Crippen molar-refractivity contribution in [1.29, 1.82) is 0 Å². The number of nitrogens with one attached hydrogen (secondary N) is 2. The van der Waals surface area contributed by atoms with Crippen LogP contribution < -0.4 is 5.32 Å². The zero-order valence-corrected chi connectivity index (χ0v) is 8.93. The Labute approximate surface area is 92.5 Å². The van der Waals surface area contributed by atoms with E-state index in [-0.39, 0.29) is 19.0 Å². The van der Waals surface area contributed by atoms with Crippen LogP contribution in [-0.2, 0) is 11.3 Å². The number of hydrogen-bond donors (Lipinski definition) is 3. The van der Waals surface area contributed by atoms with Gasteiger partial charge in [0, 0.05) is 26.0 Å². The minimum atomic E-state index is -0.925. The lowest BCUT2D eigenvalue weighted by atomic mass is 10.4. The molecule has 0 aliphatic rings. The lowest BCUT2D eigenvalue weighted by Crippen LogP contribution is -2.38. The van der Waals surface area contributed by atoms with Gasteiger partial charge in [0.25, 0.3) is 0 Å². The first kappa shape index (κ1) is 12.0. The van der Waals surface area contributed by atoms with E-state index >= 15 is 0 Å². The van der Waals surface area contributed by atoms with Crippen molar-refractivity contribution in [1.82, 2.24) is 20.2 Å². The van der Waals surface area contributed by atoms with Crippen LogP contribution in [-0.4, -0.2) is 45.6 Å². The van der Waals surface area contributed by atoms with Crippen LogP contribution in [0.2, 0.25) is 0 Å². The molecule has 0 bridgehead atoms. The lowest BCUT2D eigenvalue weighted by molar-refractivity contribution is -0.137. The van der Waals surface area contributed by atoms with Crippen molar-refractivity contribution in [3.8, 4) is 0 Å². The fraction of sp³-hybridized carbons (Fsp3) is 0.444. The van der Waals surface area contributed by atoms with Crippen LogP contribution in [0.15, 0.2) is 12.4 Å². The largest absolute Gasteiger partial charge is 0.481 e. The van der Waals surface area contributed by atoms with Crippen molar-refractivity contribution in [3.63, 3.8) is 0 Å². The second-order valence-electron chi connectivity index (χ2n) is 3.26. The van der Waals surface area contributed by atoms with Crippen molar-refractivity contribution in [2.24, 2.45) is 0 Å². The number of hydrogen-bond acceptors (Lipinski definition) is 3. The fourth-order valence-electron chi connectivity index (χ4n) is 1.05. The Morgan fingerprint density at radius 1 is 1.62 bits per heavy atom. The number of H-pyrrole nitrogens is 1. The van der Waals surface area contributed by atoms with E-state index in [1.165, 1.54) is 4.90 Å². The Morgan fingerprint density at radius 3 is 2.94 bits per heavy atom. The number of carbonyl (C=O) groups excluding carboxylic acids is 1. The van der Waals surface area contributed by atoms with E-state index < -0.39 is 5.97 Å². The highest BCUT2D eigenvalue weighted by molar-refractivity contribution is 5.74. The van der Waals surface area contributed by atoms with Crippen LogP contribution in [0.25, 0.3) is 0 Å². The summed E-state index contributed by atoms with van der Waals surface area (Å²) in [5.41, 5.74) is 0. The van der Waals surface area contributed by atoms with Crippen molar-refractivity contribution in [2.75, 3.05) is 13.6 Å². The van der Waals surface area contributed by atoms with Crippen LogP contribution in [0.3, 0.4) is 0 Å². The molecule has 1 heterocycles. The third-order valence-electron chi connectivity index (χ3n) is 1.97. The maximum atomic E-state index is 11.4. The average Bonchev–Trinajstić information content (AvgIpc) is 2.75. The topological polar surface area (TPSA) is 98.3 Å². The molecule has 1 aromatic rings. The molecule has 2 amide bonds. The number of nitrogens with zero attached hydrogens (tertiary/aromatic N) is 2. The Morgan fingerprint density at radius 2 is 2.38 bits per heavy atom. The van der Waals surface area contributed by atoms with Gasteiger partial charge < -0.3 is 20.3 Å². The number of carboxylic acids is 1. The molecule has 88 valence electrons. The minimum absolute atomic E-state index is 0.0648. The van der Waals surface area contributed by atoms with Crippen LogP contribution in [0.1, 0.15) is 12.2 Å². The standard InChI is InChI=1S/C9H14N4O3/c1-13(5-2-8(14)15)9(16)12-6-7-10-3-4-11-7/h3-4H,2,5-6H2,1H3,(H,10,11)(H,12,16)(H,14,15). The quantitative estimate of drug-likeness (QED) is 0.659. The lowest BCUT2D eigenvalue weighted by Gasteiger charge is -2.16. The third-order valence-corrected chi connectivity index (χ3v) is 1.97. The summed E-state index contributed by atoms with van der Waals surface area (Å²) in [4.78, 5) is 29.8. The second-order valence-corrected chi connectivity index (χ2v) is 3.26.